The Morgan fingerprint density at radius 2 is 2.00 bits per heavy atom. The van der Waals surface area contributed by atoms with E-state index in [1.807, 2.05) is 12.1 Å². The van der Waals surface area contributed by atoms with E-state index in [2.05, 4.69) is 4.98 Å². The second-order valence-corrected chi connectivity index (χ2v) is 5.36. The van der Waals surface area contributed by atoms with Crippen molar-refractivity contribution in [1.29, 1.82) is 0 Å². The average molecular weight is 307 g/mol. The number of hydrogen-bond acceptors (Lipinski definition) is 5. The van der Waals surface area contributed by atoms with Crippen molar-refractivity contribution in [1.82, 2.24) is 4.98 Å². The zero-order valence-corrected chi connectivity index (χ0v) is 11.9. The van der Waals surface area contributed by atoms with Crippen LogP contribution in [0.5, 0.6) is 11.5 Å². The van der Waals surface area contributed by atoms with Crippen LogP contribution in [0.3, 0.4) is 0 Å². The van der Waals surface area contributed by atoms with E-state index in [1.165, 1.54) is 0 Å². The predicted molar refractivity (Wildman–Crippen MR) is 78.3 cm³/mol. The van der Waals surface area contributed by atoms with Crippen LogP contribution >= 0.6 is 11.6 Å². The number of halogens is 1. The van der Waals surface area contributed by atoms with Gasteiger partial charge in [-0.15, -0.1) is 0 Å². The maximum Gasteiger partial charge on any atom is 0.176 e. The second-order valence-electron chi connectivity index (χ2n) is 4.96. The fourth-order valence-electron chi connectivity index (χ4n) is 2.65. The van der Waals surface area contributed by atoms with Crippen molar-refractivity contribution < 1.29 is 14.9 Å². The standard InChI is InChI=1S/C15H15ClN2O3/c16-11-5-9-10(14(19)15(11)20)6-12(21-13(9)7-17)8-1-3-18-4-2-8/h1-5,12-13,19-20H,6-7,17H2. The van der Waals surface area contributed by atoms with E-state index < -0.39 is 0 Å². The van der Waals surface area contributed by atoms with Gasteiger partial charge in [-0.1, -0.05) is 11.6 Å². The van der Waals surface area contributed by atoms with Gasteiger partial charge in [0.15, 0.2) is 11.5 Å². The summed E-state index contributed by atoms with van der Waals surface area (Å²) in [6.45, 7) is 0.259. The largest absolute Gasteiger partial charge is 0.504 e. The molecule has 4 N–H and O–H groups in total. The summed E-state index contributed by atoms with van der Waals surface area (Å²) in [6.07, 6.45) is 3.18. The third-order valence-electron chi connectivity index (χ3n) is 3.72. The Bertz CT molecular complexity index is 664. The Hall–Kier alpha value is -1.82. The van der Waals surface area contributed by atoms with Crippen molar-refractivity contribution >= 4 is 11.6 Å². The van der Waals surface area contributed by atoms with Crippen LogP contribution in [-0.2, 0) is 11.2 Å². The van der Waals surface area contributed by atoms with E-state index in [0.717, 1.165) is 11.1 Å². The molecule has 0 spiro atoms. The smallest absolute Gasteiger partial charge is 0.176 e. The number of benzene rings is 1. The third kappa shape index (κ3) is 2.44. The molecule has 1 aromatic carbocycles. The van der Waals surface area contributed by atoms with Gasteiger partial charge >= 0.3 is 0 Å². The minimum Gasteiger partial charge on any atom is -0.504 e. The van der Waals surface area contributed by atoms with Gasteiger partial charge in [-0.3, -0.25) is 4.98 Å². The molecule has 0 saturated heterocycles. The lowest BCUT2D eigenvalue weighted by Gasteiger charge is -2.32. The monoisotopic (exact) mass is 306 g/mol. The van der Waals surface area contributed by atoms with Gasteiger partial charge in [0.05, 0.1) is 17.2 Å². The molecule has 5 nitrogen and oxygen atoms in total. The number of fused-ring (bicyclic) bond motifs is 1. The number of nitrogens with zero attached hydrogens (tertiary/aromatic N) is 1. The number of aromatic hydroxyl groups is 2. The van der Waals surface area contributed by atoms with Crippen molar-refractivity contribution in [3.05, 3.63) is 52.3 Å². The molecule has 2 atom stereocenters. The highest BCUT2D eigenvalue weighted by Crippen LogP contribution is 2.46. The predicted octanol–water partition coefficient (Wildman–Crippen LogP) is 2.46. The minimum absolute atomic E-state index is 0.0932. The summed E-state index contributed by atoms with van der Waals surface area (Å²) >= 11 is 5.91. The Morgan fingerprint density at radius 1 is 1.29 bits per heavy atom. The first-order chi connectivity index (χ1) is 10.1. The molecule has 2 heterocycles. The first-order valence-electron chi connectivity index (χ1n) is 6.60. The van der Waals surface area contributed by atoms with Gasteiger partial charge in [-0.2, -0.15) is 0 Å². The van der Waals surface area contributed by atoms with Crippen LogP contribution in [0.25, 0.3) is 0 Å². The molecule has 2 unspecified atom stereocenters. The van der Waals surface area contributed by atoms with Crippen LogP contribution in [0.2, 0.25) is 5.02 Å². The van der Waals surface area contributed by atoms with Crippen LogP contribution in [0.4, 0.5) is 0 Å². The van der Waals surface area contributed by atoms with Crippen LogP contribution in [-0.4, -0.2) is 21.7 Å². The van der Waals surface area contributed by atoms with Crippen molar-refractivity contribution in [3.8, 4) is 11.5 Å². The molecule has 0 radical (unpaired) electrons. The van der Waals surface area contributed by atoms with E-state index in [-0.39, 0.29) is 35.3 Å². The zero-order valence-electron chi connectivity index (χ0n) is 11.2. The minimum atomic E-state index is -0.379. The molecular formula is C15H15ClN2O3. The normalized spacial score (nSPS) is 21.0. The molecule has 0 saturated carbocycles. The van der Waals surface area contributed by atoms with Crippen molar-refractivity contribution in [2.75, 3.05) is 6.54 Å². The van der Waals surface area contributed by atoms with Gasteiger partial charge in [0.1, 0.15) is 0 Å². The number of nitrogens with two attached hydrogens (primary N) is 1. The Kier molecular flexibility index (Phi) is 3.71. The highest BCUT2D eigenvalue weighted by Gasteiger charge is 2.31. The summed E-state index contributed by atoms with van der Waals surface area (Å²) in [5.74, 6) is -0.500. The molecule has 110 valence electrons. The number of phenols is 2. The number of aromatic nitrogens is 1. The summed E-state index contributed by atoms with van der Waals surface area (Å²) in [5, 5.41) is 20.1. The Morgan fingerprint density at radius 3 is 2.67 bits per heavy atom. The van der Waals surface area contributed by atoms with Gasteiger partial charge in [0, 0.05) is 30.9 Å². The number of ether oxygens (including phenoxy) is 1. The molecule has 3 rings (SSSR count). The molecule has 0 fully saturated rings. The maximum absolute atomic E-state index is 10.2. The number of phenolic OH excluding ortho intramolecular Hbond substituents is 2. The molecule has 2 aromatic rings. The van der Waals surface area contributed by atoms with Crippen LogP contribution in [0.15, 0.2) is 30.6 Å². The Balaban J connectivity index is 2.06. The summed E-state index contributed by atoms with van der Waals surface area (Å²) in [7, 11) is 0. The lowest BCUT2D eigenvalue weighted by Crippen LogP contribution is -2.26. The van der Waals surface area contributed by atoms with E-state index in [1.54, 1.807) is 18.5 Å². The summed E-state index contributed by atoms with van der Waals surface area (Å²) in [4.78, 5) is 3.98. The SMILES string of the molecule is NCC1OC(c2ccncc2)Cc2c1cc(Cl)c(O)c2O. The van der Waals surface area contributed by atoms with Crippen LogP contribution in [0.1, 0.15) is 28.9 Å². The molecule has 0 aliphatic carbocycles. The summed E-state index contributed by atoms with van der Waals surface area (Å²) in [6, 6.07) is 5.32. The van der Waals surface area contributed by atoms with Crippen molar-refractivity contribution in [3.63, 3.8) is 0 Å². The molecule has 0 amide bonds. The Labute approximate surface area is 127 Å². The first-order valence-corrected chi connectivity index (χ1v) is 6.98. The van der Waals surface area contributed by atoms with Crippen LogP contribution in [0, 0.1) is 0 Å². The molecule has 1 aliphatic heterocycles. The van der Waals surface area contributed by atoms with Gasteiger partial charge in [0.25, 0.3) is 0 Å². The van der Waals surface area contributed by atoms with Gasteiger partial charge < -0.3 is 20.7 Å². The van der Waals surface area contributed by atoms with E-state index >= 15 is 0 Å². The molecule has 0 bridgehead atoms. The highest BCUT2D eigenvalue weighted by atomic mass is 35.5. The average Bonchev–Trinajstić information content (AvgIpc) is 2.53. The van der Waals surface area contributed by atoms with Crippen molar-refractivity contribution in [2.24, 2.45) is 5.73 Å². The second kappa shape index (κ2) is 5.52. The number of pyridine rings is 1. The lowest BCUT2D eigenvalue weighted by atomic mass is 9.90. The molecular weight excluding hydrogens is 292 g/mol. The fourth-order valence-corrected chi connectivity index (χ4v) is 2.86. The third-order valence-corrected chi connectivity index (χ3v) is 4.01. The maximum atomic E-state index is 10.2. The fraction of sp³-hybridized carbons (Fsp3) is 0.267. The first kappa shape index (κ1) is 14.1. The molecule has 21 heavy (non-hydrogen) atoms. The van der Waals surface area contributed by atoms with Gasteiger partial charge in [-0.05, 0) is 29.3 Å². The summed E-state index contributed by atoms with van der Waals surface area (Å²) in [5.41, 5.74) is 8.07. The highest BCUT2D eigenvalue weighted by molar-refractivity contribution is 6.32. The van der Waals surface area contributed by atoms with Crippen LogP contribution < -0.4 is 5.73 Å². The quantitative estimate of drug-likeness (QED) is 0.742. The van der Waals surface area contributed by atoms with E-state index in [0.29, 0.717) is 12.0 Å². The zero-order chi connectivity index (χ0) is 15.0. The van der Waals surface area contributed by atoms with E-state index in [4.69, 9.17) is 22.1 Å². The molecule has 6 heteroatoms. The van der Waals surface area contributed by atoms with Gasteiger partial charge in [-0.25, -0.2) is 0 Å². The summed E-state index contributed by atoms with van der Waals surface area (Å²) < 4.78 is 5.99. The van der Waals surface area contributed by atoms with Gasteiger partial charge in [0.2, 0.25) is 0 Å². The van der Waals surface area contributed by atoms with E-state index in [9.17, 15) is 10.2 Å². The molecule has 1 aromatic heterocycles. The topological polar surface area (TPSA) is 88.6 Å². The lowest BCUT2D eigenvalue weighted by molar-refractivity contribution is -0.0231. The molecule has 1 aliphatic rings. The number of hydrogen-bond donors (Lipinski definition) is 3. The van der Waals surface area contributed by atoms with Crippen molar-refractivity contribution in [2.45, 2.75) is 18.6 Å². The number of rotatable bonds is 2.